The van der Waals surface area contributed by atoms with Crippen LogP contribution in [0.5, 0.6) is 0 Å². The van der Waals surface area contributed by atoms with Crippen molar-refractivity contribution < 1.29 is 4.74 Å². The Bertz CT molecular complexity index is 317. The first-order chi connectivity index (χ1) is 7.77. The van der Waals surface area contributed by atoms with Crippen LogP contribution in [-0.2, 0) is 4.74 Å². The molecule has 2 unspecified atom stereocenters. The van der Waals surface area contributed by atoms with Crippen molar-refractivity contribution >= 4 is 11.3 Å². The van der Waals surface area contributed by atoms with Gasteiger partial charge in [-0.15, -0.1) is 0 Å². The minimum Gasteiger partial charge on any atom is -0.378 e. The van der Waals surface area contributed by atoms with Gasteiger partial charge in [0.25, 0.3) is 0 Å². The maximum atomic E-state index is 6.19. The quantitative estimate of drug-likeness (QED) is 0.854. The first kappa shape index (κ1) is 12.1. The standard InChI is InChI=1S/C13H21NOS/c1-10-8-16-9-12(10)13(14)6-2-4-11-5-3-7-15-11/h8-9,11,13H,2-7,14H2,1H3. The van der Waals surface area contributed by atoms with E-state index >= 15 is 0 Å². The molecule has 1 aromatic heterocycles. The van der Waals surface area contributed by atoms with Crippen LogP contribution in [-0.4, -0.2) is 12.7 Å². The van der Waals surface area contributed by atoms with E-state index in [1.807, 2.05) is 0 Å². The Hall–Kier alpha value is -0.380. The molecule has 1 saturated heterocycles. The van der Waals surface area contributed by atoms with E-state index in [0.717, 1.165) is 13.0 Å². The van der Waals surface area contributed by atoms with Crippen LogP contribution in [0, 0.1) is 6.92 Å². The number of thiophene rings is 1. The molecule has 2 rings (SSSR count). The number of hydrogen-bond donors (Lipinski definition) is 1. The van der Waals surface area contributed by atoms with Crippen molar-refractivity contribution in [1.29, 1.82) is 0 Å². The summed E-state index contributed by atoms with van der Waals surface area (Å²) >= 11 is 1.75. The van der Waals surface area contributed by atoms with Crippen molar-refractivity contribution in [1.82, 2.24) is 0 Å². The topological polar surface area (TPSA) is 35.2 Å². The van der Waals surface area contributed by atoms with E-state index < -0.39 is 0 Å². The second-order valence-corrected chi connectivity index (χ2v) is 5.43. The molecule has 1 fully saturated rings. The Morgan fingerprint density at radius 2 is 2.44 bits per heavy atom. The van der Waals surface area contributed by atoms with Gasteiger partial charge in [-0.3, -0.25) is 0 Å². The lowest BCUT2D eigenvalue weighted by atomic mass is 10.00. The summed E-state index contributed by atoms with van der Waals surface area (Å²) in [7, 11) is 0. The van der Waals surface area contributed by atoms with Crippen molar-refractivity contribution in [3.05, 3.63) is 21.9 Å². The first-order valence-electron chi connectivity index (χ1n) is 6.17. The fraction of sp³-hybridized carbons (Fsp3) is 0.692. The maximum Gasteiger partial charge on any atom is 0.0576 e. The van der Waals surface area contributed by atoms with Gasteiger partial charge in [0.1, 0.15) is 0 Å². The van der Waals surface area contributed by atoms with E-state index in [0.29, 0.717) is 6.10 Å². The Balaban J connectivity index is 1.71. The average molecular weight is 239 g/mol. The molecule has 2 N–H and O–H groups in total. The van der Waals surface area contributed by atoms with Crippen LogP contribution in [0.25, 0.3) is 0 Å². The number of nitrogens with two attached hydrogens (primary N) is 1. The molecule has 3 heteroatoms. The molecule has 0 aliphatic carbocycles. The lowest BCUT2D eigenvalue weighted by molar-refractivity contribution is 0.101. The highest BCUT2D eigenvalue weighted by molar-refractivity contribution is 7.08. The molecule has 0 amide bonds. The smallest absolute Gasteiger partial charge is 0.0576 e. The molecule has 1 aliphatic rings. The highest BCUT2D eigenvalue weighted by Crippen LogP contribution is 2.25. The zero-order valence-electron chi connectivity index (χ0n) is 9.95. The first-order valence-corrected chi connectivity index (χ1v) is 7.11. The summed E-state index contributed by atoms with van der Waals surface area (Å²) < 4.78 is 5.61. The van der Waals surface area contributed by atoms with Gasteiger partial charge in [0.15, 0.2) is 0 Å². The lowest BCUT2D eigenvalue weighted by Gasteiger charge is -2.13. The zero-order chi connectivity index (χ0) is 11.4. The molecule has 16 heavy (non-hydrogen) atoms. The fourth-order valence-corrected chi connectivity index (χ4v) is 3.26. The second kappa shape index (κ2) is 5.80. The van der Waals surface area contributed by atoms with Gasteiger partial charge >= 0.3 is 0 Å². The van der Waals surface area contributed by atoms with Crippen molar-refractivity contribution in [2.24, 2.45) is 5.73 Å². The molecule has 0 aromatic carbocycles. The van der Waals surface area contributed by atoms with Gasteiger partial charge in [-0.2, -0.15) is 11.3 Å². The van der Waals surface area contributed by atoms with Gasteiger partial charge in [-0.25, -0.2) is 0 Å². The van der Waals surface area contributed by atoms with E-state index in [9.17, 15) is 0 Å². The van der Waals surface area contributed by atoms with Crippen LogP contribution in [0.15, 0.2) is 10.8 Å². The van der Waals surface area contributed by atoms with Gasteiger partial charge in [0, 0.05) is 12.6 Å². The summed E-state index contributed by atoms with van der Waals surface area (Å²) in [6.07, 6.45) is 6.43. The number of aryl methyl sites for hydroxylation is 1. The lowest BCUT2D eigenvalue weighted by Crippen LogP contribution is -2.12. The van der Waals surface area contributed by atoms with Gasteiger partial charge in [-0.1, -0.05) is 0 Å². The largest absolute Gasteiger partial charge is 0.378 e. The van der Waals surface area contributed by atoms with E-state index in [-0.39, 0.29) is 6.04 Å². The van der Waals surface area contributed by atoms with Crippen molar-refractivity contribution in [2.45, 2.75) is 51.2 Å². The van der Waals surface area contributed by atoms with Crippen LogP contribution < -0.4 is 5.73 Å². The van der Waals surface area contributed by atoms with Gasteiger partial charge < -0.3 is 10.5 Å². The number of hydrogen-bond acceptors (Lipinski definition) is 3. The minimum absolute atomic E-state index is 0.215. The molecular formula is C13H21NOS. The molecule has 2 nitrogen and oxygen atoms in total. The van der Waals surface area contributed by atoms with Gasteiger partial charge in [0.2, 0.25) is 0 Å². The van der Waals surface area contributed by atoms with E-state index in [1.165, 1.54) is 36.8 Å². The monoisotopic (exact) mass is 239 g/mol. The summed E-state index contributed by atoms with van der Waals surface area (Å²) in [4.78, 5) is 0. The molecule has 0 bridgehead atoms. The molecule has 2 atom stereocenters. The van der Waals surface area contributed by atoms with Crippen LogP contribution in [0.1, 0.15) is 49.3 Å². The normalized spacial score (nSPS) is 22.5. The zero-order valence-corrected chi connectivity index (χ0v) is 10.8. The number of rotatable bonds is 5. The summed E-state index contributed by atoms with van der Waals surface area (Å²) in [6, 6.07) is 0.215. The highest BCUT2D eigenvalue weighted by Gasteiger charge is 2.16. The predicted molar refractivity (Wildman–Crippen MR) is 68.8 cm³/mol. The van der Waals surface area contributed by atoms with E-state index in [2.05, 4.69) is 17.7 Å². The fourth-order valence-electron chi connectivity index (χ4n) is 2.34. The molecule has 0 saturated carbocycles. The molecule has 90 valence electrons. The molecule has 0 spiro atoms. The summed E-state index contributed by atoms with van der Waals surface area (Å²) in [5.41, 5.74) is 8.86. The Kier molecular flexibility index (Phi) is 4.38. The number of ether oxygens (including phenoxy) is 1. The summed E-state index contributed by atoms with van der Waals surface area (Å²) in [6.45, 7) is 3.10. The Morgan fingerprint density at radius 1 is 1.56 bits per heavy atom. The van der Waals surface area contributed by atoms with Crippen LogP contribution in [0.2, 0.25) is 0 Å². The van der Waals surface area contributed by atoms with Gasteiger partial charge in [-0.05, 0) is 60.9 Å². The molecule has 1 aromatic rings. The van der Waals surface area contributed by atoms with Crippen molar-refractivity contribution in [2.75, 3.05) is 6.61 Å². The van der Waals surface area contributed by atoms with E-state index in [1.54, 1.807) is 11.3 Å². The van der Waals surface area contributed by atoms with E-state index in [4.69, 9.17) is 10.5 Å². The molecule has 1 aliphatic heterocycles. The highest BCUT2D eigenvalue weighted by atomic mass is 32.1. The Morgan fingerprint density at radius 3 is 3.06 bits per heavy atom. The third-order valence-corrected chi connectivity index (χ3v) is 4.24. The van der Waals surface area contributed by atoms with Crippen LogP contribution >= 0.6 is 11.3 Å². The third kappa shape index (κ3) is 3.06. The SMILES string of the molecule is Cc1cscc1C(N)CCCC1CCCO1. The van der Waals surface area contributed by atoms with Crippen molar-refractivity contribution in [3.63, 3.8) is 0 Å². The average Bonchev–Trinajstić information content (AvgIpc) is 2.88. The van der Waals surface area contributed by atoms with Gasteiger partial charge in [0.05, 0.1) is 6.10 Å². The summed E-state index contributed by atoms with van der Waals surface area (Å²) in [5, 5.41) is 4.36. The molecule has 2 heterocycles. The van der Waals surface area contributed by atoms with Crippen LogP contribution in [0.4, 0.5) is 0 Å². The van der Waals surface area contributed by atoms with Crippen LogP contribution in [0.3, 0.4) is 0 Å². The maximum absolute atomic E-state index is 6.19. The minimum atomic E-state index is 0.215. The molecular weight excluding hydrogens is 218 g/mol. The Labute approximate surface area is 102 Å². The second-order valence-electron chi connectivity index (χ2n) is 4.68. The van der Waals surface area contributed by atoms with Crippen molar-refractivity contribution in [3.8, 4) is 0 Å². The molecule has 0 radical (unpaired) electrons. The predicted octanol–water partition coefficient (Wildman–Crippen LogP) is 3.41. The third-order valence-electron chi connectivity index (χ3n) is 3.36. The summed E-state index contributed by atoms with van der Waals surface area (Å²) in [5.74, 6) is 0.